The standard InChI is InChI=1S/C19H25FN6O/c1-2-22-19(24-12-17(27)14-5-9-21-10-6-14)25-15-7-11-26(13-15)18-16(20)4-3-8-23-18/h3-6,8-10,15,17,27H,2,7,11-13H2,1H3,(H2,22,24,25). The highest BCUT2D eigenvalue weighted by molar-refractivity contribution is 5.80. The molecule has 2 aromatic rings. The normalized spacial score (nSPS) is 18.4. The molecule has 7 nitrogen and oxygen atoms in total. The molecule has 8 heteroatoms. The molecule has 0 saturated carbocycles. The molecule has 1 fully saturated rings. The number of guanidine groups is 1. The molecule has 144 valence electrons. The number of hydrogen-bond acceptors (Lipinski definition) is 5. The predicted octanol–water partition coefficient (Wildman–Crippen LogP) is 1.48. The Morgan fingerprint density at radius 2 is 2.19 bits per heavy atom. The van der Waals surface area contributed by atoms with Crippen LogP contribution in [0.1, 0.15) is 25.0 Å². The summed E-state index contributed by atoms with van der Waals surface area (Å²) in [6, 6.07) is 6.69. The molecule has 0 aliphatic carbocycles. The molecule has 0 aromatic carbocycles. The Morgan fingerprint density at radius 3 is 2.93 bits per heavy atom. The molecule has 3 rings (SSSR count). The monoisotopic (exact) mass is 372 g/mol. The first-order valence-electron chi connectivity index (χ1n) is 9.15. The molecule has 1 aliphatic heterocycles. The molecule has 0 bridgehead atoms. The van der Waals surface area contributed by atoms with Gasteiger partial charge in [0.2, 0.25) is 0 Å². The number of nitrogens with zero attached hydrogens (tertiary/aromatic N) is 4. The van der Waals surface area contributed by atoms with E-state index in [9.17, 15) is 9.50 Å². The minimum atomic E-state index is -0.689. The molecule has 2 unspecified atom stereocenters. The average Bonchev–Trinajstić information content (AvgIpc) is 3.15. The van der Waals surface area contributed by atoms with Crippen LogP contribution in [0.5, 0.6) is 0 Å². The van der Waals surface area contributed by atoms with Crippen molar-refractivity contribution in [2.24, 2.45) is 4.99 Å². The van der Waals surface area contributed by atoms with E-state index in [-0.39, 0.29) is 18.4 Å². The Bertz CT molecular complexity index is 757. The number of halogens is 1. The van der Waals surface area contributed by atoms with Crippen LogP contribution in [0.3, 0.4) is 0 Å². The van der Waals surface area contributed by atoms with Crippen molar-refractivity contribution < 1.29 is 9.50 Å². The minimum Gasteiger partial charge on any atom is -0.386 e. The maximum Gasteiger partial charge on any atom is 0.191 e. The Labute approximate surface area is 158 Å². The molecule has 0 radical (unpaired) electrons. The van der Waals surface area contributed by atoms with Gasteiger partial charge in [-0.1, -0.05) is 0 Å². The van der Waals surface area contributed by atoms with Gasteiger partial charge in [-0.15, -0.1) is 0 Å². The van der Waals surface area contributed by atoms with Gasteiger partial charge in [0.25, 0.3) is 0 Å². The van der Waals surface area contributed by atoms with Crippen molar-refractivity contribution >= 4 is 11.8 Å². The highest BCUT2D eigenvalue weighted by Crippen LogP contribution is 2.20. The number of aliphatic hydroxyl groups excluding tert-OH is 1. The van der Waals surface area contributed by atoms with Gasteiger partial charge in [-0.25, -0.2) is 9.37 Å². The third-order valence-corrected chi connectivity index (χ3v) is 4.43. The predicted molar refractivity (Wildman–Crippen MR) is 103 cm³/mol. The number of aliphatic imine (C=N–C) groups is 1. The third-order valence-electron chi connectivity index (χ3n) is 4.43. The maximum atomic E-state index is 13.9. The van der Waals surface area contributed by atoms with Gasteiger partial charge in [-0.2, -0.15) is 0 Å². The fraction of sp³-hybridized carbons (Fsp3) is 0.421. The number of hydrogen-bond donors (Lipinski definition) is 3. The van der Waals surface area contributed by atoms with Crippen LogP contribution in [-0.4, -0.2) is 53.3 Å². The van der Waals surface area contributed by atoms with Crippen LogP contribution in [0.2, 0.25) is 0 Å². The molecule has 1 aliphatic rings. The van der Waals surface area contributed by atoms with Gasteiger partial charge in [-0.3, -0.25) is 9.98 Å². The van der Waals surface area contributed by atoms with Gasteiger partial charge in [0.15, 0.2) is 17.6 Å². The smallest absolute Gasteiger partial charge is 0.191 e. The summed E-state index contributed by atoms with van der Waals surface area (Å²) in [5, 5.41) is 16.8. The van der Waals surface area contributed by atoms with Crippen LogP contribution in [0.4, 0.5) is 10.2 Å². The molecule has 27 heavy (non-hydrogen) atoms. The van der Waals surface area contributed by atoms with Crippen LogP contribution in [-0.2, 0) is 0 Å². The number of pyridine rings is 2. The molecule has 1 saturated heterocycles. The summed E-state index contributed by atoms with van der Waals surface area (Å²) in [5.74, 6) is 0.718. The zero-order chi connectivity index (χ0) is 19.1. The summed E-state index contributed by atoms with van der Waals surface area (Å²) in [4.78, 5) is 14.5. The number of aliphatic hydroxyl groups is 1. The lowest BCUT2D eigenvalue weighted by molar-refractivity contribution is 0.187. The number of aromatic nitrogens is 2. The Hall–Kier alpha value is -2.74. The summed E-state index contributed by atoms with van der Waals surface area (Å²) in [7, 11) is 0. The Balaban J connectivity index is 1.59. The third kappa shape index (κ3) is 5.13. The van der Waals surface area contributed by atoms with Crippen LogP contribution in [0, 0.1) is 5.82 Å². The highest BCUT2D eigenvalue weighted by Gasteiger charge is 2.26. The Kier molecular flexibility index (Phi) is 6.54. The van der Waals surface area contributed by atoms with Crippen molar-refractivity contribution in [1.29, 1.82) is 0 Å². The maximum absolute atomic E-state index is 13.9. The second-order valence-corrected chi connectivity index (χ2v) is 6.40. The minimum absolute atomic E-state index is 0.127. The van der Waals surface area contributed by atoms with Gasteiger partial charge in [0.05, 0.1) is 12.6 Å². The first-order chi connectivity index (χ1) is 13.2. The second kappa shape index (κ2) is 9.27. The summed E-state index contributed by atoms with van der Waals surface area (Å²) >= 11 is 0. The Morgan fingerprint density at radius 1 is 1.37 bits per heavy atom. The number of rotatable bonds is 6. The van der Waals surface area contributed by atoms with Gasteiger partial charge in [-0.05, 0) is 43.2 Å². The summed E-state index contributed by atoms with van der Waals surface area (Å²) in [5.41, 5.74) is 0.780. The lowest BCUT2D eigenvalue weighted by Gasteiger charge is -2.20. The van der Waals surface area contributed by atoms with Gasteiger partial charge in [0.1, 0.15) is 0 Å². The van der Waals surface area contributed by atoms with E-state index in [1.165, 1.54) is 6.07 Å². The topological polar surface area (TPSA) is 85.7 Å². The molecule has 2 atom stereocenters. The average molecular weight is 372 g/mol. The lowest BCUT2D eigenvalue weighted by atomic mass is 10.1. The van der Waals surface area contributed by atoms with Crippen LogP contribution in [0.25, 0.3) is 0 Å². The van der Waals surface area contributed by atoms with Crippen molar-refractivity contribution in [2.45, 2.75) is 25.5 Å². The number of anilines is 1. The summed E-state index contributed by atoms with van der Waals surface area (Å²) in [6.07, 6.45) is 5.06. The van der Waals surface area contributed by atoms with Crippen LogP contribution in [0.15, 0.2) is 47.8 Å². The fourth-order valence-corrected chi connectivity index (χ4v) is 3.06. The SMILES string of the molecule is CCNC(=NCC(O)c1ccncc1)NC1CCN(c2ncccc2F)C1. The summed E-state index contributed by atoms with van der Waals surface area (Å²) in [6.45, 7) is 4.31. The number of nitrogens with one attached hydrogen (secondary N) is 2. The molecule has 0 amide bonds. The zero-order valence-corrected chi connectivity index (χ0v) is 15.3. The molecular formula is C19H25FN6O. The quantitative estimate of drug-likeness (QED) is 0.526. The van der Waals surface area contributed by atoms with Gasteiger partial charge >= 0.3 is 0 Å². The van der Waals surface area contributed by atoms with Crippen molar-refractivity contribution in [1.82, 2.24) is 20.6 Å². The van der Waals surface area contributed by atoms with E-state index in [2.05, 4.69) is 25.6 Å². The van der Waals surface area contributed by atoms with Gasteiger partial charge < -0.3 is 20.6 Å². The van der Waals surface area contributed by atoms with E-state index in [4.69, 9.17) is 0 Å². The molecule has 2 aromatic heterocycles. The van der Waals surface area contributed by atoms with Crippen LogP contribution < -0.4 is 15.5 Å². The lowest BCUT2D eigenvalue weighted by Crippen LogP contribution is -2.45. The van der Waals surface area contributed by atoms with E-state index >= 15 is 0 Å². The largest absolute Gasteiger partial charge is 0.386 e. The van der Waals surface area contributed by atoms with E-state index in [0.717, 1.165) is 18.5 Å². The summed E-state index contributed by atoms with van der Waals surface area (Å²) < 4.78 is 13.9. The second-order valence-electron chi connectivity index (χ2n) is 6.40. The first kappa shape index (κ1) is 19.0. The van der Waals surface area contributed by atoms with Crippen molar-refractivity contribution in [2.75, 3.05) is 31.1 Å². The molecule has 3 heterocycles. The molecule has 0 spiro atoms. The molecule has 3 N–H and O–H groups in total. The zero-order valence-electron chi connectivity index (χ0n) is 15.3. The van der Waals surface area contributed by atoms with Gasteiger partial charge in [0, 0.05) is 44.3 Å². The van der Waals surface area contributed by atoms with E-state index < -0.39 is 6.10 Å². The van der Waals surface area contributed by atoms with E-state index in [1.807, 2.05) is 11.8 Å². The van der Waals surface area contributed by atoms with Crippen molar-refractivity contribution in [3.8, 4) is 0 Å². The van der Waals surface area contributed by atoms with Crippen molar-refractivity contribution in [3.63, 3.8) is 0 Å². The first-order valence-corrected chi connectivity index (χ1v) is 9.15. The van der Waals surface area contributed by atoms with Crippen molar-refractivity contribution in [3.05, 3.63) is 54.2 Å². The van der Waals surface area contributed by atoms with E-state index in [1.54, 1.807) is 36.8 Å². The van der Waals surface area contributed by atoms with E-state index in [0.29, 0.717) is 24.9 Å². The fourth-order valence-electron chi connectivity index (χ4n) is 3.06. The molecular weight excluding hydrogens is 347 g/mol. The highest BCUT2D eigenvalue weighted by atomic mass is 19.1. The van der Waals surface area contributed by atoms with Crippen LogP contribution >= 0.6 is 0 Å².